The predicted octanol–water partition coefficient (Wildman–Crippen LogP) is 7.71. The van der Waals surface area contributed by atoms with Crippen LogP contribution in [0.2, 0.25) is 0 Å². The van der Waals surface area contributed by atoms with Crippen LogP contribution in [0.5, 0.6) is 0 Å². The maximum absolute atomic E-state index is 11.0. The molecule has 0 spiro atoms. The highest BCUT2D eigenvalue weighted by Gasteiger charge is 2.16. The Morgan fingerprint density at radius 3 is 1.79 bits per heavy atom. The van der Waals surface area contributed by atoms with Gasteiger partial charge in [0.2, 0.25) is 0 Å². The van der Waals surface area contributed by atoms with Crippen molar-refractivity contribution >= 4 is 33.0 Å². The van der Waals surface area contributed by atoms with Crippen LogP contribution in [0, 0.1) is 0 Å². The number of nitrogens with two attached hydrogens (primary N) is 1. The van der Waals surface area contributed by atoms with E-state index < -0.39 is 10.1 Å². The highest BCUT2D eigenvalue weighted by atomic mass is 32.2. The fraction of sp³-hybridized carbons (Fsp3) is 0.135. The van der Waals surface area contributed by atoms with Gasteiger partial charge in [-0.2, -0.15) is 8.42 Å². The number of allylic oxidation sites excluding steroid dienone is 3. The number of benzene rings is 4. The van der Waals surface area contributed by atoms with Crippen LogP contribution in [0.1, 0.15) is 41.2 Å². The van der Waals surface area contributed by atoms with E-state index >= 15 is 0 Å². The zero-order valence-corrected chi connectivity index (χ0v) is 25.0. The lowest BCUT2D eigenvalue weighted by Crippen LogP contribution is -2.30. The molecular weight excluding hydrogens is 552 g/mol. The molecule has 1 atom stereocenters. The smallest absolute Gasteiger partial charge is 0.264 e. The second kappa shape index (κ2) is 13.6. The largest absolute Gasteiger partial charge is 0.399 e. The number of hydrogen-bond acceptors (Lipinski definition) is 4. The first-order valence-corrected chi connectivity index (χ1v) is 16.0. The van der Waals surface area contributed by atoms with Crippen molar-refractivity contribution in [3.63, 3.8) is 0 Å². The lowest BCUT2D eigenvalue weighted by molar-refractivity contribution is 0.330. The molecule has 1 aliphatic heterocycles. The van der Waals surface area contributed by atoms with Crippen LogP contribution in [-0.2, 0) is 10.1 Å². The van der Waals surface area contributed by atoms with Gasteiger partial charge < -0.3 is 10.6 Å². The molecule has 0 radical (unpaired) electrons. The lowest BCUT2D eigenvalue weighted by atomic mass is 9.85. The third kappa shape index (κ3) is 8.01. The summed E-state index contributed by atoms with van der Waals surface area (Å²) >= 11 is 0. The van der Waals surface area contributed by atoms with Crippen LogP contribution in [0.3, 0.4) is 0 Å². The minimum absolute atomic E-state index is 0.122. The summed E-state index contributed by atoms with van der Waals surface area (Å²) in [6.45, 7) is 2.63. The van der Waals surface area contributed by atoms with Crippen LogP contribution in [0.4, 0.5) is 5.69 Å². The summed E-state index contributed by atoms with van der Waals surface area (Å²) in [5, 5.41) is 0. The Labute approximate surface area is 254 Å². The summed E-state index contributed by atoms with van der Waals surface area (Å²) in [4.78, 5) is 2.07. The fourth-order valence-electron chi connectivity index (χ4n) is 5.29. The van der Waals surface area contributed by atoms with Crippen molar-refractivity contribution in [1.82, 2.24) is 4.90 Å². The summed E-state index contributed by atoms with van der Waals surface area (Å²) in [5.41, 5.74) is 15.7. The van der Waals surface area contributed by atoms with E-state index in [-0.39, 0.29) is 11.8 Å². The first-order valence-electron chi connectivity index (χ1n) is 14.4. The van der Waals surface area contributed by atoms with E-state index in [1.807, 2.05) is 36.5 Å². The second-order valence-corrected chi connectivity index (χ2v) is 12.2. The van der Waals surface area contributed by atoms with E-state index in [0.29, 0.717) is 13.0 Å². The van der Waals surface area contributed by atoms with E-state index in [0.717, 1.165) is 50.2 Å². The standard InChI is InChI=1S/C37H36N2O3S/c1-28-27-30(23-25-39(28)24-8-26-43(40,41)42)14-13-29-15-17-33(18-16-29)36(31-9-4-2-5-10-31)37(32-11-6-3-7-12-32)34-19-21-35(38)22-20-34/h2-7,9-23,25,27-28H,8,24,26,38H2,1H3,(H,40,41,42)/b14-13+,37-36+. The molecule has 43 heavy (non-hydrogen) atoms. The van der Waals surface area contributed by atoms with E-state index in [4.69, 9.17) is 10.3 Å². The molecule has 5 rings (SSSR count). The minimum Gasteiger partial charge on any atom is -0.399 e. The van der Waals surface area contributed by atoms with Crippen molar-refractivity contribution in [3.8, 4) is 0 Å². The Morgan fingerprint density at radius 1 is 0.767 bits per heavy atom. The summed E-state index contributed by atoms with van der Waals surface area (Å²) < 4.78 is 31.0. The third-order valence-corrected chi connectivity index (χ3v) is 8.28. The molecule has 0 saturated heterocycles. The molecule has 1 unspecified atom stereocenters. The van der Waals surface area contributed by atoms with Gasteiger partial charge in [0.25, 0.3) is 10.1 Å². The molecule has 0 aromatic heterocycles. The van der Waals surface area contributed by atoms with E-state index in [9.17, 15) is 8.42 Å². The number of hydrogen-bond donors (Lipinski definition) is 2. The van der Waals surface area contributed by atoms with E-state index in [1.165, 1.54) is 0 Å². The maximum atomic E-state index is 11.0. The third-order valence-electron chi connectivity index (χ3n) is 7.48. The van der Waals surface area contributed by atoms with Gasteiger partial charge in [-0.25, -0.2) is 0 Å². The molecule has 6 heteroatoms. The number of nitrogen functional groups attached to an aromatic ring is 1. The molecule has 4 aromatic carbocycles. The van der Waals surface area contributed by atoms with Crippen molar-refractivity contribution in [2.45, 2.75) is 19.4 Å². The Kier molecular flexibility index (Phi) is 9.40. The molecular formula is C37H36N2O3S. The van der Waals surface area contributed by atoms with Crippen molar-refractivity contribution < 1.29 is 13.0 Å². The Hall–Kier alpha value is -4.65. The highest BCUT2D eigenvalue weighted by Crippen LogP contribution is 2.37. The van der Waals surface area contributed by atoms with Gasteiger partial charge in [-0.05, 0) is 76.1 Å². The fourth-order valence-corrected chi connectivity index (χ4v) is 5.78. The van der Waals surface area contributed by atoms with Crippen molar-refractivity contribution in [1.29, 1.82) is 0 Å². The van der Waals surface area contributed by atoms with Gasteiger partial charge in [0, 0.05) is 24.5 Å². The van der Waals surface area contributed by atoms with Crippen molar-refractivity contribution in [2.75, 3.05) is 18.0 Å². The van der Waals surface area contributed by atoms with Gasteiger partial charge in [0.05, 0.1) is 5.75 Å². The number of anilines is 1. The maximum Gasteiger partial charge on any atom is 0.264 e. The van der Waals surface area contributed by atoms with Gasteiger partial charge in [-0.3, -0.25) is 4.55 Å². The normalized spacial score (nSPS) is 15.8. The molecule has 4 aromatic rings. The average molecular weight is 589 g/mol. The first kappa shape index (κ1) is 29.8. The van der Waals surface area contributed by atoms with E-state index in [1.54, 1.807) is 0 Å². The number of nitrogens with zero attached hydrogens (tertiary/aromatic N) is 1. The number of rotatable bonds is 10. The molecule has 0 saturated carbocycles. The molecule has 0 amide bonds. The van der Waals surface area contributed by atoms with Crippen molar-refractivity contribution in [3.05, 3.63) is 167 Å². The molecule has 0 aliphatic carbocycles. The van der Waals surface area contributed by atoms with Gasteiger partial charge in [-0.15, -0.1) is 0 Å². The molecule has 0 fully saturated rings. The van der Waals surface area contributed by atoms with Gasteiger partial charge >= 0.3 is 0 Å². The molecule has 1 aliphatic rings. The summed E-state index contributed by atoms with van der Waals surface area (Å²) in [6, 6.07) is 37.7. The van der Waals surface area contributed by atoms with Crippen LogP contribution >= 0.6 is 0 Å². The van der Waals surface area contributed by atoms with Crippen LogP contribution in [0.25, 0.3) is 17.2 Å². The molecule has 3 N–H and O–H groups in total. The topological polar surface area (TPSA) is 83.6 Å². The molecule has 0 bridgehead atoms. The summed E-state index contributed by atoms with van der Waals surface area (Å²) in [6.07, 6.45) is 10.7. The Balaban J connectivity index is 1.44. The average Bonchev–Trinajstić information content (AvgIpc) is 3.01. The Morgan fingerprint density at radius 2 is 1.28 bits per heavy atom. The van der Waals surface area contributed by atoms with Crippen LogP contribution < -0.4 is 5.73 Å². The second-order valence-electron chi connectivity index (χ2n) is 10.7. The predicted molar refractivity (Wildman–Crippen MR) is 179 cm³/mol. The SMILES string of the molecule is CC1C=C(/C=C/c2ccc(/C(=C(\c3ccccc3)c3ccc(N)cc3)c3ccccc3)cc2)C=CN1CCCS(=O)(=O)O. The minimum atomic E-state index is -3.94. The van der Waals surface area contributed by atoms with Crippen LogP contribution in [0.15, 0.2) is 139 Å². The van der Waals surface area contributed by atoms with Crippen LogP contribution in [-0.4, -0.2) is 36.2 Å². The highest BCUT2D eigenvalue weighted by molar-refractivity contribution is 7.85. The summed E-state index contributed by atoms with van der Waals surface area (Å²) in [5.74, 6) is -0.232. The summed E-state index contributed by atoms with van der Waals surface area (Å²) in [7, 11) is -3.94. The molecule has 218 valence electrons. The van der Waals surface area contributed by atoms with Gasteiger partial charge in [0.15, 0.2) is 0 Å². The Bertz CT molecular complexity index is 1760. The zero-order valence-electron chi connectivity index (χ0n) is 24.2. The zero-order chi connectivity index (χ0) is 30.2. The van der Waals surface area contributed by atoms with Gasteiger partial charge in [-0.1, -0.05) is 115 Å². The van der Waals surface area contributed by atoms with Gasteiger partial charge in [0.1, 0.15) is 0 Å². The van der Waals surface area contributed by atoms with E-state index in [2.05, 4.69) is 115 Å². The lowest BCUT2D eigenvalue weighted by Gasteiger charge is -2.28. The monoisotopic (exact) mass is 588 g/mol. The molecule has 1 heterocycles. The molecule has 5 nitrogen and oxygen atoms in total. The van der Waals surface area contributed by atoms with Crippen molar-refractivity contribution in [2.24, 2.45) is 0 Å². The first-order chi connectivity index (χ1) is 20.8. The quantitative estimate of drug-likeness (QED) is 0.113.